The van der Waals surface area contributed by atoms with Gasteiger partial charge in [-0.2, -0.15) is 0 Å². The van der Waals surface area contributed by atoms with Gasteiger partial charge < -0.3 is 10.6 Å². The van der Waals surface area contributed by atoms with Crippen molar-refractivity contribution in [3.8, 4) is 0 Å². The number of carbonyl (C=O) groups is 1. The van der Waals surface area contributed by atoms with Crippen molar-refractivity contribution in [2.24, 2.45) is 5.92 Å². The number of hydrogen-bond acceptors (Lipinski definition) is 4. The minimum absolute atomic E-state index is 0.237. The van der Waals surface area contributed by atoms with Crippen LogP contribution in [0.15, 0.2) is 30.3 Å². The first-order chi connectivity index (χ1) is 10.4. The molecule has 0 aliphatic heterocycles. The third-order valence-corrected chi connectivity index (χ3v) is 3.14. The smallest absolute Gasteiger partial charge is 0.271 e. The molecule has 0 unspecified atom stereocenters. The van der Waals surface area contributed by atoms with E-state index < -0.39 is 0 Å². The van der Waals surface area contributed by atoms with Crippen LogP contribution in [-0.2, 0) is 0 Å². The molecule has 0 saturated carbocycles. The highest BCUT2D eigenvalue weighted by molar-refractivity contribution is 6.35. The van der Waals surface area contributed by atoms with Crippen LogP contribution in [-0.4, -0.2) is 22.6 Å². The molecule has 1 aromatic carbocycles. The first-order valence-corrected chi connectivity index (χ1v) is 7.54. The molecule has 0 aliphatic carbocycles. The van der Waals surface area contributed by atoms with E-state index in [1.807, 2.05) is 13.8 Å². The monoisotopic (exact) mass is 338 g/mol. The highest BCUT2D eigenvalue weighted by atomic mass is 35.5. The van der Waals surface area contributed by atoms with Crippen molar-refractivity contribution in [1.29, 1.82) is 0 Å². The molecule has 116 valence electrons. The quantitative estimate of drug-likeness (QED) is 0.867. The number of rotatable bonds is 5. The molecule has 1 heterocycles. The molecule has 0 spiro atoms. The largest absolute Gasteiger partial charge is 0.350 e. The van der Waals surface area contributed by atoms with Crippen LogP contribution < -0.4 is 10.6 Å². The summed E-state index contributed by atoms with van der Waals surface area (Å²) in [5.41, 5.74) is 0.971. The van der Waals surface area contributed by atoms with E-state index in [1.165, 1.54) is 0 Å². The van der Waals surface area contributed by atoms with Crippen molar-refractivity contribution in [2.75, 3.05) is 11.9 Å². The fraction of sp³-hybridized carbons (Fsp3) is 0.267. The summed E-state index contributed by atoms with van der Waals surface area (Å²) in [7, 11) is 0. The number of hydrogen-bond donors (Lipinski definition) is 2. The highest BCUT2D eigenvalue weighted by Gasteiger charge is 2.08. The lowest BCUT2D eigenvalue weighted by Crippen LogP contribution is -2.28. The molecule has 5 nitrogen and oxygen atoms in total. The standard InChI is InChI=1S/C15H16Cl2N4O/c1-9(2)8-18-15(22)13-3-4-14(21-20-13)19-12-6-10(16)5-11(17)7-12/h3-7,9H,8H2,1-2H3,(H,18,22)(H,19,21). The van der Waals surface area contributed by atoms with Crippen LogP contribution in [0.5, 0.6) is 0 Å². The van der Waals surface area contributed by atoms with Crippen molar-refractivity contribution in [2.45, 2.75) is 13.8 Å². The lowest BCUT2D eigenvalue weighted by atomic mass is 10.2. The molecule has 0 bridgehead atoms. The van der Waals surface area contributed by atoms with E-state index in [9.17, 15) is 4.79 Å². The number of nitrogens with zero attached hydrogens (tertiary/aromatic N) is 2. The van der Waals surface area contributed by atoms with Gasteiger partial charge in [0.25, 0.3) is 5.91 Å². The van der Waals surface area contributed by atoms with Gasteiger partial charge >= 0.3 is 0 Å². The van der Waals surface area contributed by atoms with Gasteiger partial charge in [0.05, 0.1) is 0 Å². The summed E-state index contributed by atoms with van der Waals surface area (Å²) in [5.74, 6) is 0.641. The average Bonchev–Trinajstić information content (AvgIpc) is 2.44. The molecule has 1 amide bonds. The zero-order chi connectivity index (χ0) is 16.1. The van der Waals surface area contributed by atoms with Gasteiger partial charge in [-0.05, 0) is 36.2 Å². The third kappa shape index (κ3) is 4.86. The van der Waals surface area contributed by atoms with Gasteiger partial charge in [-0.15, -0.1) is 10.2 Å². The molecule has 7 heteroatoms. The summed E-state index contributed by atoms with van der Waals surface area (Å²) < 4.78 is 0. The predicted molar refractivity (Wildman–Crippen MR) is 88.9 cm³/mol. The summed E-state index contributed by atoms with van der Waals surface area (Å²) in [4.78, 5) is 11.8. The highest BCUT2D eigenvalue weighted by Crippen LogP contribution is 2.24. The maximum absolute atomic E-state index is 11.8. The van der Waals surface area contributed by atoms with Gasteiger partial charge in [0.1, 0.15) is 0 Å². The Balaban J connectivity index is 2.04. The summed E-state index contributed by atoms with van der Waals surface area (Å²) in [5, 5.41) is 14.7. The zero-order valence-corrected chi connectivity index (χ0v) is 13.7. The molecule has 0 fully saturated rings. The summed E-state index contributed by atoms with van der Waals surface area (Å²) >= 11 is 11.9. The van der Waals surface area contributed by atoms with Crippen molar-refractivity contribution in [1.82, 2.24) is 15.5 Å². The number of anilines is 2. The van der Waals surface area contributed by atoms with E-state index in [-0.39, 0.29) is 11.6 Å². The maximum atomic E-state index is 11.8. The molecule has 22 heavy (non-hydrogen) atoms. The van der Waals surface area contributed by atoms with Gasteiger partial charge in [0.15, 0.2) is 11.5 Å². The molecular formula is C15H16Cl2N4O. The maximum Gasteiger partial charge on any atom is 0.271 e. The lowest BCUT2D eigenvalue weighted by molar-refractivity contribution is 0.0943. The predicted octanol–water partition coefficient (Wildman–Crippen LogP) is 3.91. The number of amides is 1. The van der Waals surface area contributed by atoms with Gasteiger partial charge in [-0.3, -0.25) is 4.79 Å². The minimum Gasteiger partial charge on any atom is -0.350 e. The van der Waals surface area contributed by atoms with Gasteiger partial charge in [-0.1, -0.05) is 37.0 Å². The SMILES string of the molecule is CC(C)CNC(=O)c1ccc(Nc2cc(Cl)cc(Cl)c2)nn1. The lowest BCUT2D eigenvalue weighted by Gasteiger charge is -2.08. The Hall–Kier alpha value is -1.85. The molecule has 0 radical (unpaired) electrons. The normalized spacial score (nSPS) is 10.6. The van der Waals surface area contributed by atoms with Gasteiger partial charge in [0.2, 0.25) is 0 Å². The molecule has 2 rings (SSSR count). The zero-order valence-electron chi connectivity index (χ0n) is 12.2. The second kappa shape index (κ2) is 7.42. The Bertz CT molecular complexity index is 639. The van der Waals surface area contributed by atoms with E-state index in [2.05, 4.69) is 20.8 Å². The second-order valence-electron chi connectivity index (χ2n) is 5.19. The van der Waals surface area contributed by atoms with Gasteiger partial charge in [-0.25, -0.2) is 0 Å². The van der Waals surface area contributed by atoms with Crippen molar-refractivity contribution in [3.05, 3.63) is 46.1 Å². The molecule has 2 aromatic rings. The summed E-state index contributed by atoms with van der Waals surface area (Å²) in [6.45, 7) is 4.64. The van der Waals surface area contributed by atoms with Crippen LogP contribution in [0.3, 0.4) is 0 Å². The molecule has 0 aliphatic rings. The van der Waals surface area contributed by atoms with E-state index in [0.29, 0.717) is 34.0 Å². The fourth-order valence-electron chi connectivity index (χ4n) is 1.68. The van der Waals surface area contributed by atoms with E-state index >= 15 is 0 Å². The molecule has 2 N–H and O–H groups in total. The van der Waals surface area contributed by atoms with Gasteiger partial charge in [0, 0.05) is 22.3 Å². The Kier molecular flexibility index (Phi) is 5.57. The van der Waals surface area contributed by atoms with Crippen molar-refractivity contribution in [3.63, 3.8) is 0 Å². The summed E-state index contributed by atoms with van der Waals surface area (Å²) in [6.07, 6.45) is 0. The van der Waals surface area contributed by atoms with Crippen LogP contribution >= 0.6 is 23.2 Å². The average molecular weight is 339 g/mol. The van der Waals surface area contributed by atoms with E-state index in [0.717, 1.165) is 0 Å². The molecule has 1 aromatic heterocycles. The number of benzene rings is 1. The minimum atomic E-state index is -0.237. The van der Waals surface area contributed by atoms with Crippen LogP contribution in [0.25, 0.3) is 0 Å². The van der Waals surface area contributed by atoms with Crippen LogP contribution in [0, 0.1) is 5.92 Å². The van der Waals surface area contributed by atoms with E-state index in [4.69, 9.17) is 23.2 Å². The molecular weight excluding hydrogens is 323 g/mol. The first kappa shape index (κ1) is 16.5. The van der Waals surface area contributed by atoms with Crippen LogP contribution in [0.2, 0.25) is 10.0 Å². The number of halogens is 2. The summed E-state index contributed by atoms with van der Waals surface area (Å²) in [6, 6.07) is 8.36. The van der Waals surface area contributed by atoms with Crippen molar-refractivity contribution >= 4 is 40.6 Å². The van der Waals surface area contributed by atoms with Crippen LogP contribution in [0.4, 0.5) is 11.5 Å². The first-order valence-electron chi connectivity index (χ1n) is 6.79. The topological polar surface area (TPSA) is 66.9 Å². The molecule has 0 atom stereocenters. The third-order valence-electron chi connectivity index (χ3n) is 2.70. The Morgan fingerprint density at radius 2 is 1.82 bits per heavy atom. The Labute approximate surface area is 139 Å². The number of carbonyl (C=O) groups excluding carboxylic acids is 1. The van der Waals surface area contributed by atoms with Crippen molar-refractivity contribution < 1.29 is 4.79 Å². The number of nitrogens with one attached hydrogen (secondary N) is 2. The Morgan fingerprint density at radius 3 is 2.36 bits per heavy atom. The Morgan fingerprint density at radius 1 is 1.14 bits per heavy atom. The second-order valence-corrected chi connectivity index (χ2v) is 6.06. The van der Waals surface area contributed by atoms with E-state index in [1.54, 1.807) is 30.3 Å². The number of aromatic nitrogens is 2. The fourth-order valence-corrected chi connectivity index (χ4v) is 2.21. The van der Waals surface area contributed by atoms with Crippen LogP contribution in [0.1, 0.15) is 24.3 Å². The molecule has 0 saturated heterocycles.